The zero-order valence-corrected chi connectivity index (χ0v) is 11.6. The number of carbonyl (C=O) groups is 1. The van der Waals surface area contributed by atoms with Crippen molar-refractivity contribution in [1.82, 2.24) is 4.72 Å². The van der Waals surface area contributed by atoms with E-state index >= 15 is 0 Å². The summed E-state index contributed by atoms with van der Waals surface area (Å²) in [5.41, 5.74) is -0.417. The average Bonchev–Trinajstić information content (AvgIpc) is 2.37. The molecule has 0 spiro atoms. The SMILES string of the molecule is O=C(O)C(CCO)NS(=O)(=O)Cc1ccccc1[N+](=O)[O-]. The maximum atomic E-state index is 11.9. The van der Waals surface area contributed by atoms with Gasteiger partial charge in [-0.2, -0.15) is 0 Å². The Morgan fingerprint density at radius 2 is 2.00 bits per heavy atom. The number of hydrogen-bond acceptors (Lipinski definition) is 6. The number of sulfonamides is 1. The van der Waals surface area contributed by atoms with Gasteiger partial charge in [0, 0.05) is 18.2 Å². The van der Waals surface area contributed by atoms with E-state index in [-0.39, 0.29) is 17.7 Å². The summed E-state index contributed by atoms with van der Waals surface area (Å²) < 4.78 is 25.7. The lowest BCUT2D eigenvalue weighted by molar-refractivity contribution is -0.385. The van der Waals surface area contributed by atoms with Crippen molar-refractivity contribution in [2.24, 2.45) is 0 Å². The van der Waals surface area contributed by atoms with Crippen molar-refractivity contribution in [2.75, 3.05) is 6.61 Å². The van der Waals surface area contributed by atoms with Crippen LogP contribution in [0.2, 0.25) is 0 Å². The van der Waals surface area contributed by atoms with E-state index in [1.807, 2.05) is 4.72 Å². The Hall–Kier alpha value is -2.04. The minimum atomic E-state index is -4.10. The van der Waals surface area contributed by atoms with E-state index in [0.717, 1.165) is 6.07 Å². The molecule has 0 heterocycles. The molecule has 0 saturated heterocycles. The Bertz CT molecular complexity index is 629. The first-order valence-electron chi connectivity index (χ1n) is 5.83. The van der Waals surface area contributed by atoms with Crippen molar-refractivity contribution in [1.29, 1.82) is 0 Å². The molecule has 1 unspecified atom stereocenters. The van der Waals surface area contributed by atoms with Crippen LogP contribution in [-0.2, 0) is 20.6 Å². The van der Waals surface area contributed by atoms with Crippen LogP contribution in [0, 0.1) is 10.1 Å². The summed E-state index contributed by atoms with van der Waals surface area (Å²) in [4.78, 5) is 20.9. The minimum Gasteiger partial charge on any atom is -0.480 e. The molecule has 0 saturated carbocycles. The molecule has 116 valence electrons. The number of nitrogens with one attached hydrogen (secondary N) is 1. The lowest BCUT2D eigenvalue weighted by Gasteiger charge is -2.13. The van der Waals surface area contributed by atoms with E-state index in [4.69, 9.17) is 10.2 Å². The number of hydrogen-bond donors (Lipinski definition) is 3. The van der Waals surface area contributed by atoms with Gasteiger partial charge in [0.2, 0.25) is 10.0 Å². The summed E-state index contributed by atoms with van der Waals surface area (Å²) in [5, 5.41) is 28.3. The molecule has 1 aromatic carbocycles. The fourth-order valence-corrected chi connectivity index (χ4v) is 3.03. The van der Waals surface area contributed by atoms with Crippen LogP contribution in [0.4, 0.5) is 5.69 Å². The summed E-state index contributed by atoms with van der Waals surface area (Å²) in [6.45, 7) is -0.509. The van der Waals surface area contributed by atoms with Crippen molar-refractivity contribution >= 4 is 21.7 Å². The molecule has 1 rings (SSSR count). The van der Waals surface area contributed by atoms with Gasteiger partial charge < -0.3 is 10.2 Å². The molecule has 21 heavy (non-hydrogen) atoms. The number of carboxylic acid groups (broad SMARTS) is 1. The van der Waals surface area contributed by atoms with Gasteiger partial charge in [0.25, 0.3) is 5.69 Å². The molecule has 0 aliphatic heterocycles. The predicted molar refractivity (Wildman–Crippen MR) is 72.0 cm³/mol. The third-order valence-electron chi connectivity index (χ3n) is 2.57. The van der Waals surface area contributed by atoms with Crippen molar-refractivity contribution in [3.05, 3.63) is 39.9 Å². The summed E-state index contributed by atoms with van der Waals surface area (Å²) in [6, 6.07) is 3.79. The Morgan fingerprint density at radius 3 is 2.52 bits per heavy atom. The number of para-hydroxylation sites is 1. The van der Waals surface area contributed by atoms with Crippen LogP contribution in [0.1, 0.15) is 12.0 Å². The van der Waals surface area contributed by atoms with Gasteiger partial charge in [0.1, 0.15) is 6.04 Å². The average molecular weight is 318 g/mol. The number of aliphatic carboxylic acids is 1. The second kappa shape index (κ2) is 7.11. The minimum absolute atomic E-state index is 0.0527. The van der Waals surface area contributed by atoms with Crippen LogP contribution in [-0.4, -0.2) is 42.2 Å². The molecule has 9 nitrogen and oxygen atoms in total. The Morgan fingerprint density at radius 1 is 1.38 bits per heavy atom. The molecule has 3 N–H and O–H groups in total. The van der Waals surface area contributed by atoms with Crippen LogP contribution in [0.5, 0.6) is 0 Å². The molecule has 0 aliphatic rings. The molecular weight excluding hydrogens is 304 g/mol. The molecule has 0 aliphatic carbocycles. The second-order valence-corrected chi connectivity index (χ2v) is 5.92. The molecule has 0 aromatic heterocycles. The number of rotatable bonds is 8. The third-order valence-corrected chi connectivity index (χ3v) is 3.91. The highest BCUT2D eigenvalue weighted by Gasteiger charge is 2.26. The van der Waals surface area contributed by atoms with E-state index in [1.165, 1.54) is 18.2 Å². The van der Waals surface area contributed by atoms with Gasteiger partial charge in [-0.3, -0.25) is 14.9 Å². The molecular formula is C11H14N2O7S. The van der Waals surface area contributed by atoms with Gasteiger partial charge in [-0.1, -0.05) is 18.2 Å². The Balaban J connectivity index is 2.95. The van der Waals surface area contributed by atoms with Crippen LogP contribution >= 0.6 is 0 Å². The van der Waals surface area contributed by atoms with Crippen molar-refractivity contribution < 1.29 is 28.3 Å². The zero-order valence-electron chi connectivity index (χ0n) is 10.8. The van der Waals surface area contributed by atoms with Gasteiger partial charge >= 0.3 is 5.97 Å². The number of nitro groups is 1. The highest BCUT2D eigenvalue weighted by Crippen LogP contribution is 2.19. The molecule has 10 heteroatoms. The fraction of sp³-hybridized carbons (Fsp3) is 0.364. The molecule has 0 amide bonds. The molecule has 0 radical (unpaired) electrons. The quantitative estimate of drug-likeness (QED) is 0.446. The monoisotopic (exact) mass is 318 g/mol. The maximum Gasteiger partial charge on any atom is 0.321 e. The topological polar surface area (TPSA) is 147 Å². The predicted octanol–water partition coefficient (Wildman–Crippen LogP) is -0.150. The maximum absolute atomic E-state index is 11.9. The number of nitrogens with zero attached hydrogens (tertiary/aromatic N) is 1. The van der Waals surface area contributed by atoms with Crippen molar-refractivity contribution in [3.63, 3.8) is 0 Å². The largest absolute Gasteiger partial charge is 0.480 e. The smallest absolute Gasteiger partial charge is 0.321 e. The van der Waals surface area contributed by atoms with Crippen LogP contribution < -0.4 is 4.72 Å². The van der Waals surface area contributed by atoms with Gasteiger partial charge in [0.05, 0.1) is 10.7 Å². The standard InChI is InChI=1S/C11H14N2O7S/c14-6-5-9(11(15)16)12-21(19,20)7-8-3-1-2-4-10(8)13(17)18/h1-4,9,12,14H,5-7H2,(H,15,16). The van der Waals surface area contributed by atoms with Gasteiger partial charge in [0.15, 0.2) is 0 Å². The van der Waals surface area contributed by atoms with E-state index in [9.17, 15) is 23.3 Å². The first kappa shape index (κ1) is 17.0. The second-order valence-electron chi connectivity index (χ2n) is 4.17. The van der Waals surface area contributed by atoms with Crippen LogP contribution in [0.3, 0.4) is 0 Å². The van der Waals surface area contributed by atoms with Crippen LogP contribution in [0.25, 0.3) is 0 Å². The molecule has 1 atom stereocenters. The Kier molecular flexibility index (Phi) is 5.76. The lowest BCUT2D eigenvalue weighted by Crippen LogP contribution is -2.41. The highest BCUT2D eigenvalue weighted by atomic mass is 32.2. The molecule has 0 bridgehead atoms. The van der Waals surface area contributed by atoms with E-state index in [1.54, 1.807) is 0 Å². The highest BCUT2D eigenvalue weighted by molar-refractivity contribution is 7.88. The van der Waals surface area contributed by atoms with Gasteiger partial charge in [-0.15, -0.1) is 0 Å². The number of aliphatic hydroxyl groups excluding tert-OH is 1. The van der Waals surface area contributed by atoms with Gasteiger partial charge in [-0.25, -0.2) is 13.1 Å². The summed E-state index contributed by atoms with van der Waals surface area (Å²) in [5.74, 6) is -2.16. The van der Waals surface area contributed by atoms with E-state index in [2.05, 4.69) is 0 Å². The van der Waals surface area contributed by atoms with Crippen molar-refractivity contribution in [3.8, 4) is 0 Å². The molecule has 1 aromatic rings. The third kappa shape index (κ3) is 5.10. The first-order chi connectivity index (χ1) is 9.76. The van der Waals surface area contributed by atoms with Crippen LogP contribution in [0.15, 0.2) is 24.3 Å². The Labute approximate surface area is 120 Å². The summed E-state index contributed by atoms with van der Waals surface area (Å²) >= 11 is 0. The summed E-state index contributed by atoms with van der Waals surface area (Å²) in [7, 11) is -4.10. The number of aliphatic hydroxyl groups is 1. The zero-order chi connectivity index (χ0) is 16.0. The normalized spacial score (nSPS) is 12.8. The van der Waals surface area contributed by atoms with E-state index in [0.29, 0.717) is 0 Å². The summed E-state index contributed by atoms with van der Waals surface area (Å²) in [6.07, 6.45) is -0.300. The number of carboxylic acids is 1. The van der Waals surface area contributed by atoms with Gasteiger partial charge in [-0.05, 0) is 6.42 Å². The first-order valence-corrected chi connectivity index (χ1v) is 7.48. The molecule has 0 fully saturated rings. The van der Waals surface area contributed by atoms with E-state index < -0.39 is 39.3 Å². The number of nitro benzene ring substituents is 1. The van der Waals surface area contributed by atoms with Crippen molar-refractivity contribution in [2.45, 2.75) is 18.2 Å². The lowest BCUT2D eigenvalue weighted by atomic mass is 10.2. The number of benzene rings is 1. The fourth-order valence-electron chi connectivity index (χ4n) is 1.64.